The summed E-state index contributed by atoms with van der Waals surface area (Å²) in [6.07, 6.45) is 5.19. The third-order valence-electron chi connectivity index (χ3n) is 4.66. The van der Waals surface area contributed by atoms with Crippen molar-refractivity contribution in [3.8, 4) is 0 Å². The summed E-state index contributed by atoms with van der Waals surface area (Å²) in [6, 6.07) is 0. The molecule has 0 aromatic heterocycles. The maximum absolute atomic E-state index is 6.02. The second kappa shape index (κ2) is 4.44. The molecule has 1 aliphatic carbocycles. The quantitative estimate of drug-likeness (QED) is 0.694. The normalized spacial score (nSPS) is 28.3. The molecule has 2 nitrogen and oxygen atoms in total. The van der Waals surface area contributed by atoms with E-state index in [1.165, 1.54) is 24.8 Å². The smallest absolute Gasteiger partial charge is 0.400 e. The lowest BCUT2D eigenvalue weighted by Crippen LogP contribution is -2.41. The van der Waals surface area contributed by atoms with E-state index in [-0.39, 0.29) is 18.3 Å². The fraction of sp³-hybridized carbons (Fsp3) is 0.857. The van der Waals surface area contributed by atoms with Crippen LogP contribution in [0.2, 0.25) is 0 Å². The Morgan fingerprint density at radius 2 is 1.71 bits per heavy atom. The van der Waals surface area contributed by atoms with E-state index in [0.29, 0.717) is 0 Å². The topological polar surface area (TPSA) is 18.5 Å². The molecule has 0 spiro atoms. The van der Waals surface area contributed by atoms with Gasteiger partial charge < -0.3 is 9.31 Å². The molecule has 0 unspecified atom stereocenters. The summed E-state index contributed by atoms with van der Waals surface area (Å²) in [5.74, 6) is 3.01. The van der Waals surface area contributed by atoms with Crippen molar-refractivity contribution in [3.05, 3.63) is 11.5 Å². The minimum atomic E-state index is -0.216. The molecule has 0 aromatic carbocycles. The van der Waals surface area contributed by atoms with Crippen molar-refractivity contribution in [2.24, 2.45) is 5.92 Å². The lowest BCUT2D eigenvalue weighted by Gasteiger charge is -2.32. The minimum Gasteiger partial charge on any atom is -0.400 e. The van der Waals surface area contributed by atoms with Gasteiger partial charge in [0.2, 0.25) is 0 Å². The molecule has 0 aromatic rings. The zero-order valence-electron chi connectivity index (χ0n) is 11.9. The van der Waals surface area contributed by atoms with E-state index in [9.17, 15) is 0 Å². The van der Waals surface area contributed by atoms with Crippen LogP contribution in [-0.4, -0.2) is 18.3 Å². The van der Waals surface area contributed by atoms with Gasteiger partial charge in [-0.1, -0.05) is 24.9 Å². The molecular formula is C14H25BO2. The average Bonchev–Trinajstić information content (AvgIpc) is 2.31. The first kappa shape index (κ1) is 13.2. The summed E-state index contributed by atoms with van der Waals surface area (Å²) in [7, 11) is -0.157. The Morgan fingerprint density at radius 3 is 2.06 bits per heavy atom. The van der Waals surface area contributed by atoms with E-state index < -0.39 is 0 Å². The van der Waals surface area contributed by atoms with Crippen molar-refractivity contribution in [2.45, 2.75) is 71.5 Å². The van der Waals surface area contributed by atoms with Crippen LogP contribution in [0.3, 0.4) is 0 Å². The third-order valence-corrected chi connectivity index (χ3v) is 4.66. The van der Waals surface area contributed by atoms with Gasteiger partial charge in [-0.15, -0.1) is 0 Å². The Labute approximate surface area is 106 Å². The Morgan fingerprint density at radius 1 is 1.18 bits per heavy atom. The molecule has 17 heavy (non-hydrogen) atoms. The van der Waals surface area contributed by atoms with Crippen molar-refractivity contribution in [1.29, 1.82) is 0 Å². The maximum atomic E-state index is 6.02. The van der Waals surface area contributed by atoms with Crippen LogP contribution >= 0.6 is 0 Å². The average molecular weight is 236 g/mol. The van der Waals surface area contributed by atoms with Crippen LogP contribution in [0.25, 0.3) is 0 Å². The SMILES string of the molecule is CC/C(=C/B1OC(C)(C)C(C)(C)O1)C1CCC1. The standard InChI is InChI=1S/C14H25BO2/c1-6-11(12-8-7-9-12)10-15-16-13(2,3)14(4,5)17-15/h10,12H,6-9H2,1-5H3/b11-10-. The number of allylic oxidation sites excluding steroid dienone is 1. The van der Waals surface area contributed by atoms with Gasteiger partial charge in [-0.3, -0.25) is 0 Å². The van der Waals surface area contributed by atoms with E-state index in [0.717, 1.165) is 12.3 Å². The van der Waals surface area contributed by atoms with E-state index in [1.54, 1.807) is 0 Å². The summed E-state index contributed by atoms with van der Waals surface area (Å²) in [6.45, 7) is 10.7. The van der Waals surface area contributed by atoms with Gasteiger partial charge in [0.15, 0.2) is 0 Å². The van der Waals surface area contributed by atoms with Gasteiger partial charge >= 0.3 is 7.12 Å². The predicted octanol–water partition coefficient (Wildman–Crippen LogP) is 3.75. The first-order valence-electron chi connectivity index (χ1n) is 6.92. The fourth-order valence-electron chi connectivity index (χ4n) is 2.45. The Hall–Kier alpha value is -0.275. The summed E-state index contributed by atoms with van der Waals surface area (Å²) < 4.78 is 12.0. The van der Waals surface area contributed by atoms with Crippen LogP contribution in [0.15, 0.2) is 11.5 Å². The number of hydrogen-bond donors (Lipinski definition) is 0. The second-order valence-corrected chi connectivity index (χ2v) is 6.35. The highest BCUT2D eigenvalue weighted by Crippen LogP contribution is 2.39. The predicted molar refractivity (Wildman–Crippen MR) is 71.8 cm³/mol. The van der Waals surface area contributed by atoms with E-state index in [2.05, 4.69) is 40.6 Å². The van der Waals surface area contributed by atoms with Gasteiger partial charge in [0, 0.05) is 0 Å². The molecular weight excluding hydrogens is 211 g/mol. The van der Waals surface area contributed by atoms with Gasteiger partial charge in [-0.25, -0.2) is 0 Å². The van der Waals surface area contributed by atoms with Gasteiger partial charge in [0.05, 0.1) is 11.2 Å². The first-order chi connectivity index (χ1) is 7.86. The van der Waals surface area contributed by atoms with Crippen molar-refractivity contribution in [2.75, 3.05) is 0 Å². The summed E-state index contributed by atoms with van der Waals surface area (Å²) in [5.41, 5.74) is 1.09. The fourth-order valence-corrected chi connectivity index (χ4v) is 2.45. The van der Waals surface area contributed by atoms with Crippen LogP contribution in [0.5, 0.6) is 0 Å². The van der Waals surface area contributed by atoms with Crippen LogP contribution < -0.4 is 0 Å². The zero-order valence-corrected chi connectivity index (χ0v) is 11.9. The monoisotopic (exact) mass is 236 g/mol. The lowest BCUT2D eigenvalue weighted by molar-refractivity contribution is 0.00578. The Kier molecular flexibility index (Phi) is 3.43. The second-order valence-electron chi connectivity index (χ2n) is 6.35. The van der Waals surface area contributed by atoms with Gasteiger partial charge in [0.1, 0.15) is 0 Å². The van der Waals surface area contributed by atoms with E-state index >= 15 is 0 Å². The molecule has 3 heteroatoms. The lowest BCUT2D eigenvalue weighted by atomic mass is 9.74. The molecule has 96 valence electrons. The van der Waals surface area contributed by atoms with Crippen molar-refractivity contribution >= 4 is 7.12 Å². The molecule has 1 saturated carbocycles. The summed E-state index contributed by atoms with van der Waals surface area (Å²) >= 11 is 0. The van der Waals surface area contributed by atoms with E-state index in [1.807, 2.05) is 0 Å². The van der Waals surface area contributed by atoms with Crippen molar-refractivity contribution in [1.82, 2.24) is 0 Å². The van der Waals surface area contributed by atoms with Crippen molar-refractivity contribution in [3.63, 3.8) is 0 Å². The molecule has 2 fully saturated rings. The van der Waals surface area contributed by atoms with Crippen LogP contribution in [0.4, 0.5) is 0 Å². The van der Waals surface area contributed by atoms with Crippen LogP contribution in [0.1, 0.15) is 60.3 Å². The van der Waals surface area contributed by atoms with Gasteiger partial charge in [-0.2, -0.15) is 0 Å². The van der Waals surface area contributed by atoms with Gasteiger partial charge in [0.25, 0.3) is 0 Å². The van der Waals surface area contributed by atoms with Gasteiger partial charge in [-0.05, 0) is 52.9 Å². The van der Waals surface area contributed by atoms with Crippen molar-refractivity contribution < 1.29 is 9.31 Å². The first-order valence-corrected chi connectivity index (χ1v) is 6.92. The highest BCUT2D eigenvalue weighted by Gasteiger charge is 2.50. The van der Waals surface area contributed by atoms with E-state index in [4.69, 9.17) is 9.31 Å². The number of rotatable bonds is 3. The maximum Gasteiger partial charge on any atom is 0.487 e. The highest BCUT2D eigenvalue weighted by atomic mass is 16.7. The Bertz CT molecular complexity index is 300. The number of hydrogen-bond acceptors (Lipinski definition) is 2. The Balaban J connectivity index is 2.07. The largest absolute Gasteiger partial charge is 0.487 e. The summed E-state index contributed by atoms with van der Waals surface area (Å²) in [4.78, 5) is 0. The molecule has 2 rings (SSSR count). The molecule has 0 bridgehead atoms. The zero-order chi connectivity index (χ0) is 12.7. The molecule has 1 heterocycles. The molecule has 0 atom stereocenters. The molecule has 0 N–H and O–H groups in total. The minimum absolute atomic E-state index is 0.157. The highest BCUT2D eigenvalue weighted by molar-refractivity contribution is 6.51. The third kappa shape index (κ3) is 2.46. The summed E-state index contributed by atoms with van der Waals surface area (Å²) in [5, 5.41) is 0. The molecule has 2 aliphatic rings. The molecule has 0 amide bonds. The molecule has 1 saturated heterocycles. The van der Waals surface area contributed by atoms with Crippen LogP contribution in [0, 0.1) is 5.92 Å². The van der Waals surface area contributed by atoms with Crippen LogP contribution in [-0.2, 0) is 9.31 Å². The molecule has 1 aliphatic heterocycles. The molecule has 0 radical (unpaired) electrons.